The van der Waals surface area contributed by atoms with E-state index in [1.54, 1.807) is 6.92 Å². The van der Waals surface area contributed by atoms with Crippen molar-refractivity contribution in [3.05, 3.63) is 62.5 Å². The third-order valence-electron chi connectivity index (χ3n) is 5.57. The van der Waals surface area contributed by atoms with Crippen LogP contribution in [0.4, 0.5) is 0 Å². The van der Waals surface area contributed by atoms with Gasteiger partial charge in [0.15, 0.2) is 0 Å². The van der Waals surface area contributed by atoms with Crippen LogP contribution in [0.3, 0.4) is 0 Å². The van der Waals surface area contributed by atoms with E-state index in [-0.39, 0.29) is 30.0 Å². The van der Waals surface area contributed by atoms with E-state index in [9.17, 15) is 14.4 Å². The maximum absolute atomic E-state index is 12.9. The van der Waals surface area contributed by atoms with Crippen LogP contribution in [0, 0.1) is 6.92 Å². The molecule has 0 radical (unpaired) electrons. The number of aryl methyl sites for hydroxylation is 1. The molecule has 2 amide bonds. The van der Waals surface area contributed by atoms with Gasteiger partial charge in [0.2, 0.25) is 5.91 Å². The predicted molar refractivity (Wildman–Crippen MR) is 120 cm³/mol. The van der Waals surface area contributed by atoms with Gasteiger partial charge in [-0.25, -0.2) is 4.98 Å². The number of carbonyl (C=O) groups excluding carboxylic acids is 2. The number of piperidine rings is 1. The fourth-order valence-electron chi connectivity index (χ4n) is 3.98. The first-order valence-corrected chi connectivity index (χ1v) is 11.1. The molecular weight excluding hydrogens is 414 g/mol. The Labute approximate surface area is 183 Å². The second-order valence-electron chi connectivity index (χ2n) is 7.90. The van der Waals surface area contributed by atoms with Crippen molar-refractivity contribution in [1.82, 2.24) is 20.2 Å². The van der Waals surface area contributed by atoms with Crippen molar-refractivity contribution in [2.24, 2.45) is 5.73 Å². The topological polar surface area (TPSA) is 121 Å². The molecule has 0 unspecified atom stereocenters. The van der Waals surface area contributed by atoms with E-state index in [2.05, 4.69) is 15.3 Å². The van der Waals surface area contributed by atoms with Gasteiger partial charge < -0.3 is 16.0 Å². The number of hydrogen-bond acceptors (Lipinski definition) is 6. The highest BCUT2D eigenvalue weighted by Crippen LogP contribution is 2.27. The molecule has 3 aromatic rings. The summed E-state index contributed by atoms with van der Waals surface area (Å²) >= 11 is 1.25. The molecule has 0 aliphatic carbocycles. The minimum absolute atomic E-state index is 0.0288. The number of amides is 2. The van der Waals surface area contributed by atoms with Gasteiger partial charge >= 0.3 is 0 Å². The molecule has 8 nitrogen and oxygen atoms in total. The Bertz CT molecular complexity index is 1160. The lowest BCUT2D eigenvalue weighted by molar-refractivity contribution is -0.119. The van der Waals surface area contributed by atoms with Crippen LogP contribution in [0.2, 0.25) is 0 Å². The van der Waals surface area contributed by atoms with Gasteiger partial charge in [0.1, 0.15) is 10.7 Å². The van der Waals surface area contributed by atoms with Crippen molar-refractivity contribution in [3.63, 3.8) is 0 Å². The quantitative estimate of drug-likeness (QED) is 0.538. The van der Waals surface area contributed by atoms with Gasteiger partial charge in [0.25, 0.3) is 11.5 Å². The van der Waals surface area contributed by atoms with Gasteiger partial charge in [-0.2, -0.15) is 0 Å². The molecule has 31 heavy (non-hydrogen) atoms. The molecule has 2 aromatic heterocycles. The summed E-state index contributed by atoms with van der Waals surface area (Å²) in [5.74, 6) is 0.0596. The van der Waals surface area contributed by atoms with E-state index in [0.29, 0.717) is 46.0 Å². The first-order chi connectivity index (χ1) is 14.9. The first-order valence-electron chi connectivity index (χ1n) is 10.3. The average Bonchev–Trinajstić information content (AvgIpc) is 3.07. The standard InChI is InChI=1S/C22H25N5O3S/c1-13-18-20(29)25-17(11-14-5-3-2-4-6-14)26-22(18)31-19(13)21(30)24-15-7-9-27(10-8-15)12-16(23)28/h2-6,15H,7-12H2,1H3,(H2,23,28)(H,24,30)(H,25,26,29). The van der Waals surface area contributed by atoms with E-state index < -0.39 is 0 Å². The summed E-state index contributed by atoms with van der Waals surface area (Å²) in [5.41, 5.74) is 6.74. The number of carbonyl (C=O) groups is 2. The van der Waals surface area contributed by atoms with Crippen LogP contribution < -0.4 is 16.6 Å². The highest BCUT2D eigenvalue weighted by Gasteiger charge is 2.25. The number of benzene rings is 1. The van der Waals surface area contributed by atoms with Crippen LogP contribution in [0.25, 0.3) is 10.2 Å². The Morgan fingerprint density at radius 3 is 2.65 bits per heavy atom. The van der Waals surface area contributed by atoms with Crippen molar-refractivity contribution in [3.8, 4) is 0 Å². The predicted octanol–water partition coefficient (Wildman–Crippen LogP) is 1.56. The maximum Gasteiger partial charge on any atom is 0.261 e. The number of nitrogens with zero attached hydrogens (tertiary/aromatic N) is 2. The van der Waals surface area contributed by atoms with Crippen molar-refractivity contribution >= 4 is 33.4 Å². The second-order valence-corrected chi connectivity index (χ2v) is 8.90. The molecule has 1 saturated heterocycles. The number of nitrogens with one attached hydrogen (secondary N) is 2. The number of fused-ring (bicyclic) bond motifs is 1. The van der Waals surface area contributed by atoms with Gasteiger partial charge in [-0.15, -0.1) is 11.3 Å². The van der Waals surface area contributed by atoms with Gasteiger partial charge in [-0.3, -0.25) is 19.3 Å². The molecule has 1 aromatic carbocycles. The third kappa shape index (κ3) is 4.83. The van der Waals surface area contributed by atoms with Crippen LogP contribution in [-0.4, -0.2) is 52.4 Å². The number of rotatable bonds is 6. The largest absolute Gasteiger partial charge is 0.369 e. The Hall–Kier alpha value is -3.04. The minimum Gasteiger partial charge on any atom is -0.369 e. The van der Waals surface area contributed by atoms with E-state index in [1.165, 1.54) is 11.3 Å². The highest BCUT2D eigenvalue weighted by atomic mass is 32.1. The summed E-state index contributed by atoms with van der Waals surface area (Å²) in [4.78, 5) is 47.2. The fraction of sp³-hybridized carbons (Fsp3) is 0.364. The number of H-pyrrole nitrogens is 1. The molecule has 162 valence electrons. The zero-order valence-electron chi connectivity index (χ0n) is 17.3. The molecule has 1 fully saturated rings. The van der Waals surface area contributed by atoms with Crippen molar-refractivity contribution in [1.29, 1.82) is 0 Å². The summed E-state index contributed by atoms with van der Waals surface area (Å²) in [7, 11) is 0. The number of nitrogens with two attached hydrogens (primary N) is 1. The Balaban J connectivity index is 1.49. The summed E-state index contributed by atoms with van der Waals surface area (Å²) in [6.07, 6.45) is 2.03. The minimum atomic E-state index is -0.340. The number of aromatic nitrogens is 2. The van der Waals surface area contributed by atoms with E-state index in [1.807, 2.05) is 35.2 Å². The monoisotopic (exact) mass is 439 g/mol. The van der Waals surface area contributed by atoms with Crippen LogP contribution in [0.15, 0.2) is 35.1 Å². The number of aromatic amines is 1. The van der Waals surface area contributed by atoms with E-state index in [0.717, 1.165) is 18.4 Å². The number of thiophene rings is 1. The van der Waals surface area contributed by atoms with Crippen LogP contribution in [0.1, 0.15) is 39.5 Å². The zero-order chi connectivity index (χ0) is 22.0. The highest BCUT2D eigenvalue weighted by molar-refractivity contribution is 7.20. The second kappa shape index (κ2) is 8.99. The van der Waals surface area contributed by atoms with Gasteiger partial charge in [-0.1, -0.05) is 30.3 Å². The van der Waals surface area contributed by atoms with Crippen LogP contribution in [0.5, 0.6) is 0 Å². The molecule has 0 bridgehead atoms. The molecule has 0 spiro atoms. The molecule has 4 N–H and O–H groups in total. The normalized spacial score (nSPS) is 15.3. The number of likely N-dealkylation sites (tertiary alicyclic amines) is 1. The van der Waals surface area contributed by atoms with Crippen molar-refractivity contribution < 1.29 is 9.59 Å². The maximum atomic E-state index is 12.9. The molecule has 3 heterocycles. The van der Waals surface area contributed by atoms with E-state index in [4.69, 9.17) is 5.73 Å². The molecule has 0 saturated carbocycles. The number of primary amides is 1. The smallest absolute Gasteiger partial charge is 0.261 e. The lowest BCUT2D eigenvalue weighted by Gasteiger charge is -2.31. The summed E-state index contributed by atoms with van der Waals surface area (Å²) in [5, 5.41) is 3.55. The lowest BCUT2D eigenvalue weighted by atomic mass is 10.0. The molecule has 9 heteroatoms. The molecule has 0 atom stereocenters. The van der Waals surface area contributed by atoms with Gasteiger partial charge in [0, 0.05) is 25.6 Å². The van der Waals surface area contributed by atoms with Crippen LogP contribution in [-0.2, 0) is 11.2 Å². The molecule has 4 rings (SSSR count). The molecule has 1 aliphatic heterocycles. The van der Waals surface area contributed by atoms with E-state index >= 15 is 0 Å². The lowest BCUT2D eigenvalue weighted by Crippen LogP contribution is -2.46. The Kier molecular flexibility index (Phi) is 6.15. The zero-order valence-corrected chi connectivity index (χ0v) is 18.1. The SMILES string of the molecule is Cc1c(C(=O)NC2CCN(CC(N)=O)CC2)sc2nc(Cc3ccccc3)[nH]c(=O)c12. The summed E-state index contributed by atoms with van der Waals surface area (Å²) in [6.45, 7) is 3.46. The average molecular weight is 440 g/mol. The van der Waals surface area contributed by atoms with Crippen molar-refractivity contribution in [2.45, 2.75) is 32.2 Å². The molecular formula is C22H25N5O3S. The Morgan fingerprint density at radius 2 is 1.97 bits per heavy atom. The van der Waals surface area contributed by atoms with Gasteiger partial charge in [0.05, 0.1) is 16.8 Å². The van der Waals surface area contributed by atoms with Crippen LogP contribution >= 0.6 is 11.3 Å². The summed E-state index contributed by atoms with van der Waals surface area (Å²) in [6, 6.07) is 9.83. The fourth-order valence-corrected chi connectivity index (χ4v) is 5.09. The third-order valence-corrected chi connectivity index (χ3v) is 6.76. The first kappa shape index (κ1) is 21.2. The van der Waals surface area contributed by atoms with Gasteiger partial charge in [-0.05, 0) is 30.9 Å². The number of hydrogen-bond donors (Lipinski definition) is 3. The Morgan fingerprint density at radius 1 is 1.26 bits per heavy atom. The summed E-state index contributed by atoms with van der Waals surface area (Å²) < 4.78 is 0. The van der Waals surface area contributed by atoms with Crippen molar-refractivity contribution in [2.75, 3.05) is 19.6 Å². The molecule has 1 aliphatic rings.